The third-order valence-corrected chi connectivity index (χ3v) is 1.54. The highest BCUT2D eigenvalue weighted by atomic mass is 16.1. The number of amides is 1. The summed E-state index contributed by atoms with van der Waals surface area (Å²) in [7, 11) is 0. The first-order valence-corrected chi connectivity index (χ1v) is 3.52. The highest BCUT2D eigenvalue weighted by Gasteiger charge is 2.05. The van der Waals surface area contributed by atoms with Gasteiger partial charge in [-0.15, -0.1) is 0 Å². The van der Waals surface area contributed by atoms with Crippen molar-refractivity contribution in [3.63, 3.8) is 0 Å². The average Bonchev–Trinajstić information content (AvgIpc) is 2.17. The molecule has 0 atom stereocenters. The molecule has 0 aromatic heterocycles. The van der Waals surface area contributed by atoms with Gasteiger partial charge in [-0.3, -0.25) is 10.2 Å². The van der Waals surface area contributed by atoms with Crippen LogP contribution < -0.4 is 10.7 Å². The molecule has 0 aliphatic carbocycles. The van der Waals surface area contributed by atoms with Crippen LogP contribution in [0.25, 0.3) is 0 Å². The van der Waals surface area contributed by atoms with E-state index in [4.69, 9.17) is 0 Å². The van der Waals surface area contributed by atoms with E-state index >= 15 is 0 Å². The Bertz CT molecular complexity index is 99.2. The maximum Gasteiger partial charge on any atom is 0.324 e. The molecule has 0 aromatic rings. The fraction of sp³-hybridized carbons (Fsp3) is 0.833. The summed E-state index contributed by atoms with van der Waals surface area (Å²) in [6.45, 7) is 3.77. The van der Waals surface area contributed by atoms with Gasteiger partial charge in [0.25, 0.3) is 0 Å². The highest BCUT2D eigenvalue weighted by Crippen LogP contribution is 1.88. The van der Waals surface area contributed by atoms with Gasteiger partial charge in [-0.1, -0.05) is 0 Å². The molecule has 0 saturated carbocycles. The van der Waals surface area contributed by atoms with E-state index in [1.807, 2.05) is 5.01 Å². The minimum Gasteiger partial charge on any atom is -0.315 e. The monoisotopic (exact) mass is 142 g/mol. The summed E-state index contributed by atoms with van der Waals surface area (Å²) in [5.41, 5.74) is 2.51. The molecule has 1 aliphatic rings. The van der Waals surface area contributed by atoms with E-state index in [2.05, 4.69) is 10.7 Å². The van der Waals surface area contributed by atoms with Crippen LogP contribution in [0.3, 0.4) is 0 Å². The van der Waals surface area contributed by atoms with Crippen LogP contribution in [0.5, 0.6) is 0 Å². The van der Waals surface area contributed by atoms with Gasteiger partial charge in [0.15, 0.2) is 0 Å². The predicted octanol–water partition coefficient (Wildman–Crippen LogP) is -1.15. The second-order valence-electron chi connectivity index (χ2n) is 2.30. The Hall–Kier alpha value is -0.610. The van der Waals surface area contributed by atoms with Crippen LogP contribution in [0.15, 0.2) is 0 Å². The van der Waals surface area contributed by atoms with Crippen LogP contribution in [0, 0.1) is 0 Å². The minimum absolute atomic E-state index is 0.870. The molecule has 1 aliphatic heterocycles. The van der Waals surface area contributed by atoms with E-state index in [-0.39, 0.29) is 0 Å². The highest BCUT2D eigenvalue weighted by molar-refractivity contribution is 5.46. The molecular formula is C6H12N3O. The van der Waals surface area contributed by atoms with Crippen molar-refractivity contribution in [3.8, 4) is 0 Å². The van der Waals surface area contributed by atoms with Gasteiger partial charge in [-0.25, -0.2) is 5.01 Å². The number of nitrogens with one attached hydrogen (secondary N) is 2. The number of hydrazine groups is 1. The lowest BCUT2D eigenvalue weighted by molar-refractivity contribution is 0.246. The van der Waals surface area contributed by atoms with Crippen LogP contribution in [0.4, 0.5) is 0 Å². The van der Waals surface area contributed by atoms with Crippen molar-refractivity contribution in [1.29, 1.82) is 0 Å². The lowest BCUT2D eigenvalue weighted by Crippen LogP contribution is -2.39. The van der Waals surface area contributed by atoms with Crippen molar-refractivity contribution >= 4 is 6.41 Å². The van der Waals surface area contributed by atoms with Gasteiger partial charge in [0.05, 0.1) is 0 Å². The van der Waals surface area contributed by atoms with E-state index in [1.54, 1.807) is 6.41 Å². The van der Waals surface area contributed by atoms with Gasteiger partial charge in [-0.05, 0) is 13.0 Å². The van der Waals surface area contributed by atoms with Crippen molar-refractivity contribution < 1.29 is 4.79 Å². The molecule has 10 heavy (non-hydrogen) atoms. The van der Waals surface area contributed by atoms with Crippen LogP contribution in [0.1, 0.15) is 6.42 Å². The zero-order valence-electron chi connectivity index (χ0n) is 5.89. The molecule has 1 fully saturated rings. The molecule has 4 heteroatoms. The summed E-state index contributed by atoms with van der Waals surface area (Å²) in [6.07, 6.45) is 2.74. The molecule has 1 rings (SSSR count). The van der Waals surface area contributed by atoms with Gasteiger partial charge in [0, 0.05) is 19.6 Å². The van der Waals surface area contributed by atoms with Crippen LogP contribution in [-0.4, -0.2) is 37.6 Å². The fourth-order valence-corrected chi connectivity index (χ4v) is 1.02. The lowest BCUT2D eigenvalue weighted by Gasteiger charge is -2.15. The normalized spacial score (nSPS) is 21.6. The molecule has 1 heterocycles. The molecule has 2 N–H and O–H groups in total. The van der Waals surface area contributed by atoms with Crippen LogP contribution >= 0.6 is 0 Å². The molecule has 1 saturated heterocycles. The van der Waals surface area contributed by atoms with Crippen molar-refractivity contribution in [2.24, 2.45) is 0 Å². The topological polar surface area (TPSA) is 44.4 Å². The Labute approximate surface area is 60.5 Å². The van der Waals surface area contributed by atoms with E-state index < -0.39 is 0 Å². The quantitative estimate of drug-likeness (QED) is 0.479. The summed E-state index contributed by atoms with van der Waals surface area (Å²) in [4.78, 5) is 9.89. The number of hydrogen-bond acceptors (Lipinski definition) is 3. The summed E-state index contributed by atoms with van der Waals surface area (Å²) < 4.78 is 0. The van der Waals surface area contributed by atoms with Crippen molar-refractivity contribution in [2.75, 3.05) is 26.2 Å². The summed E-state index contributed by atoms with van der Waals surface area (Å²) >= 11 is 0. The molecule has 0 spiro atoms. The molecule has 57 valence electrons. The van der Waals surface area contributed by atoms with Gasteiger partial charge >= 0.3 is 6.41 Å². The zero-order valence-corrected chi connectivity index (χ0v) is 5.89. The Balaban J connectivity index is 2.21. The molecule has 1 radical (unpaired) electrons. The molecular weight excluding hydrogens is 130 g/mol. The Morgan fingerprint density at radius 1 is 1.40 bits per heavy atom. The zero-order chi connectivity index (χ0) is 7.23. The number of carbonyl (C=O) groups excluding carboxylic acids is 1. The Morgan fingerprint density at radius 3 is 3.10 bits per heavy atom. The smallest absolute Gasteiger partial charge is 0.315 e. The third kappa shape index (κ3) is 2.33. The molecule has 1 amide bonds. The number of nitrogens with zero attached hydrogens (tertiary/aromatic N) is 1. The molecule has 0 aromatic carbocycles. The first-order chi connectivity index (χ1) is 4.93. The van der Waals surface area contributed by atoms with Gasteiger partial charge in [0.1, 0.15) is 0 Å². The first-order valence-electron chi connectivity index (χ1n) is 3.52. The SMILES string of the molecule is O=[C]NN1CCCNCC1. The third-order valence-electron chi connectivity index (χ3n) is 1.54. The summed E-state index contributed by atoms with van der Waals surface area (Å²) in [5, 5.41) is 5.09. The predicted molar refractivity (Wildman–Crippen MR) is 37.9 cm³/mol. The van der Waals surface area contributed by atoms with Gasteiger partial charge < -0.3 is 5.32 Å². The Kier molecular flexibility index (Phi) is 3.18. The van der Waals surface area contributed by atoms with Gasteiger partial charge in [-0.2, -0.15) is 0 Å². The molecule has 0 bridgehead atoms. The average molecular weight is 142 g/mol. The first kappa shape index (κ1) is 7.50. The fourth-order valence-electron chi connectivity index (χ4n) is 1.02. The maximum atomic E-state index is 9.89. The largest absolute Gasteiger partial charge is 0.324 e. The van der Waals surface area contributed by atoms with Crippen molar-refractivity contribution in [1.82, 2.24) is 15.8 Å². The maximum absolute atomic E-state index is 9.89. The van der Waals surface area contributed by atoms with E-state index in [1.165, 1.54) is 0 Å². The van der Waals surface area contributed by atoms with Gasteiger partial charge in [0.2, 0.25) is 0 Å². The standard InChI is InChI=1S/C6H12N3O/c10-6-8-9-4-1-2-7-3-5-9/h7H,1-5H2,(H,8,10). The van der Waals surface area contributed by atoms with Crippen molar-refractivity contribution in [3.05, 3.63) is 0 Å². The minimum atomic E-state index is 0.870. The number of hydrogen-bond donors (Lipinski definition) is 2. The molecule has 4 nitrogen and oxygen atoms in total. The summed E-state index contributed by atoms with van der Waals surface area (Å²) in [5.74, 6) is 0. The Morgan fingerprint density at radius 2 is 2.30 bits per heavy atom. The molecule has 0 unspecified atom stereocenters. The van der Waals surface area contributed by atoms with Crippen LogP contribution in [-0.2, 0) is 4.79 Å². The second-order valence-corrected chi connectivity index (χ2v) is 2.30. The van der Waals surface area contributed by atoms with Crippen molar-refractivity contribution in [2.45, 2.75) is 6.42 Å². The van der Waals surface area contributed by atoms with E-state index in [0.29, 0.717) is 0 Å². The van der Waals surface area contributed by atoms with Crippen LogP contribution in [0.2, 0.25) is 0 Å². The van der Waals surface area contributed by atoms with E-state index in [0.717, 1.165) is 32.6 Å². The number of rotatable bonds is 2. The van der Waals surface area contributed by atoms with E-state index in [9.17, 15) is 4.79 Å². The summed E-state index contributed by atoms with van der Waals surface area (Å²) in [6, 6.07) is 0. The second kappa shape index (κ2) is 4.24. The lowest BCUT2D eigenvalue weighted by atomic mass is 10.4.